The summed E-state index contributed by atoms with van der Waals surface area (Å²) >= 11 is 0. The van der Waals surface area contributed by atoms with Gasteiger partial charge in [0.25, 0.3) is 0 Å². The molecule has 0 spiro atoms. The maximum absolute atomic E-state index is 12.0. The highest BCUT2D eigenvalue weighted by molar-refractivity contribution is 5.96. The highest BCUT2D eigenvalue weighted by atomic mass is 16.5. The van der Waals surface area contributed by atoms with Crippen LogP contribution in [0.1, 0.15) is 15.9 Å². The molecular weight excluding hydrogens is 310 g/mol. The predicted octanol–water partition coefficient (Wildman–Crippen LogP) is 1.82. The molecule has 0 aliphatic heterocycles. The standard InChI is InChI=1S/C18H21NO5/c1-23-18(22)16-9-15(24-12-13-5-3-2-4-6-13)7-8-17(16)19-14(10-20)11-21/h2-9,14,19-21H,10-12H2,1H3. The molecule has 2 aromatic carbocycles. The van der Waals surface area contributed by atoms with Gasteiger partial charge in [0.05, 0.1) is 31.9 Å². The van der Waals surface area contributed by atoms with Gasteiger partial charge >= 0.3 is 5.97 Å². The Balaban J connectivity index is 2.17. The Labute approximate surface area is 140 Å². The molecule has 2 aromatic rings. The first-order valence-electron chi connectivity index (χ1n) is 7.55. The van der Waals surface area contributed by atoms with E-state index < -0.39 is 12.0 Å². The lowest BCUT2D eigenvalue weighted by Crippen LogP contribution is -2.28. The predicted molar refractivity (Wildman–Crippen MR) is 90.1 cm³/mol. The van der Waals surface area contributed by atoms with Crippen LogP contribution in [0.4, 0.5) is 5.69 Å². The highest BCUT2D eigenvalue weighted by Gasteiger charge is 2.16. The van der Waals surface area contributed by atoms with Crippen LogP contribution in [-0.4, -0.2) is 42.5 Å². The van der Waals surface area contributed by atoms with Gasteiger partial charge in [-0.2, -0.15) is 0 Å². The summed E-state index contributed by atoms with van der Waals surface area (Å²) in [7, 11) is 1.29. The van der Waals surface area contributed by atoms with Gasteiger partial charge in [0.2, 0.25) is 0 Å². The Kier molecular flexibility index (Phi) is 6.60. The molecule has 0 fully saturated rings. The molecule has 128 valence electrons. The zero-order valence-electron chi connectivity index (χ0n) is 13.4. The minimum Gasteiger partial charge on any atom is -0.489 e. The van der Waals surface area contributed by atoms with Crippen molar-refractivity contribution in [2.24, 2.45) is 0 Å². The number of aliphatic hydroxyl groups excluding tert-OH is 2. The third-order valence-electron chi connectivity index (χ3n) is 3.45. The summed E-state index contributed by atoms with van der Waals surface area (Å²) in [6, 6.07) is 14.1. The number of rotatable bonds is 8. The SMILES string of the molecule is COC(=O)c1cc(OCc2ccccc2)ccc1NC(CO)CO. The normalized spacial score (nSPS) is 10.5. The van der Waals surface area contributed by atoms with Crippen molar-refractivity contribution < 1.29 is 24.5 Å². The Morgan fingerprint density at radius 1 is 1.12 bits per heavy atom. The molecule has 0 aromatic heterocycles. The van der Waals surface area contributed by atoms with Crippen LogP contribution in [-0.2, 0) is 11.3 Å². The second kappa shape index (κ2) is 8.90. The van der Waals surface area contributed by atoms with Crippen LogP contribution in [0.5, 0.6) is 5.75 Å². The van der Waals surface area contributed by atoms with Crippen LogP contribution in [0, 0.1) is 0 Å². The summed E-state index contributed by atoms with van der Waals surface area (Å²) in [6.45, 7) is -0.142. The van der Waals surface area contributed by atoms with Crippen molar-refractivity contribution in [1.29, 1.82) is 0 Å². The fourth-order valence-corrected chi connectivity index (χ4v) is 2.13. The molecule has 6 heteroatoms. The van der Waals surface area contributed by atoms with Crippen LogP contribution >= 0.6 is 0 Å². The van der Waals surface area contributed by atoms with Crippen LogP contribution in [0.2, 0.25) is 0 Å². The Hall–Kier alpha value is -2.57. The van der Waals surface area contributed by atoms with E-state index in [1.54, 1.807) is 18.2 Å². The first-order chi connectivity index (χ1) is 11.7. The number of anilines is 1. The van der Waals surface area contributed by atoms with Crippen molar-refractivity contribution in [2.75, 3.05) is 25.6 Å². The largest absolute Gasteiger partial charge is 0.489 e. The van der Waals surface area contributed by atoms with Gasteiger partial charge in [-0.25, -0.2) is 4.79 Å². The molecule has 3 N–H and O–H groups in total. The number of hydrogen-bond acceptors (Lipinski definition) is 6. The van der Waals surface area contributed by atoms with Gasteiger partial charge in [-0.3, -0.25) is 0 Å². The average molecular weight is 331 g/mol. The first-order valence-corrected chi connectivity index (χ1v) is 7.55. The van der Waals surface area contributed by atoms with E-state index in [2.05, 4.69) is 5.32 Å². The van der Waals surface area contributed by atoms with E-state index in [9.17, 15) is 15.0 Å². The Morgan fingerprint density at radius 3 is 2.46 bits per heavy atom. The minimum absolute atomic E-state index is 0.261. The molecule has 0 saturated heterocycles. The molecule has 0 radical (unpaired) electrons. The molecule has 0 bridgehead atoms. The van der Waals surface area contributed by atoms with Crippen LogP contribution in [0.25, 0.3) is 0 Å². The van der Waals surface area contributed by atoms with Crippen LogP contribution in [0.3, 0.4) is 0 Å². The van der Waals surface area contributed by atoms with Crippen LogP contribution in [0.15, 0.2) is 48.5 Å². The third-order valence-corrected chi connectivity index (χ3v) is 3.45. The van der Waals surface area contributed by atoms with Gasteiger partial charge < -0.3 is 25.0 Å². The van der Waals surface area contributed by atoms with Crippen molar-refractivity contribution in [3.63, 3.8) is 0 Å². The zero-order chi connectivity index (χ0) is 17.4. The number of aliphatic hydroxyl groups is 2. The topological polar surface area (TPSA) is 88.0 Å². The van der Waals surface area contributed by atoms with Gasteiger partial charge in [0.1, 0.15) is 12.4 Å². The third kappa shape index (κ3) is 4.71. The summed E-state index contributed by atoms with van der Waals surface area (Å²) < 4.78 is 10.5. The Morgan fingerprint density at radius 2 is 1.83 bits per heavy atom. The van der Waals surface area contributed by atoms with Crippen molar-refractivity contribution in [3.05, 3.63) is 59.7 Å². The molecule has 2 rings (SSSR count). The summed E-state index contributed by atoms with van der Waals surface area (Å²) in [5, 5.41) is 21.3. The number of ether oxygens (including phenoxy) is 2. The highest BCUT2D eigenvalue weighted by Crippen LogP contribution is 2.24. The van der Waals surface area contributed by atoms with E-state index in [1.165, 1.54) is 7.11 Å². The summed E-state index contributed by atoms with van der Waals surface area (Å²) in [6.07, 6.45) is 0. The molecule has 0 unspecified atom stereocenters. The fourth-order valence-electron chi connectivity index (χ4n) is 2.13. The smallest absolute Gasteiger partial charge is 0.340 e. The van der Waals surface area contributed by atoms with E-state index in [4.69, 9.17) is 9.47 Å². The Bertz CT molecular complexity index is 656. The average Bonchev–Trinajstić information content (AvgIpc) is 2.65. The van der Waals surface area contributed by atoms with Gasteiger partial charge in [-0.15, -0.1) is 0 Å². The van der Waals surface area contributed by atoms with Crippen LogP contribution < -0.4 is 10.1 Å². The van der Waals surface area contributed by atoms with Crippen molar-refractivity contribution in [1.82, 2.24) is 0 Å². The van der Waals surface area contributed by atoms with Crippen molar-refractivity contribution in [2.45, 2.75) is 12.6 Å². The molecule has 0 saturated carbocycles. The quantitative estimate of drug-likeness (QED) is 0.640. The molecule has 24 heavy (non-hydrogen) atoms. The van der Waals surface area contributed by atoms with Gasteiger partial charge in [-0.1, -0.05) is 30.3 Å². The lowest BCUT2D eigenvalue weighted by Gasteiger charge is -2.18. The van der Waals surface area contributed by atoms with E-state index in [0.29, 0.717) is 18.0 Å². The number of carbonyl (C=O) groups excluding carboxylic acids is 1. The zero-order valence-corrected chi connectivity index (χ0v) is 13.4. The fraction of sp³-hybridized carbons (Fsp3) is 0.278. The van der Waals surface area contributed by atoms with Gasteiger partial charge in [-0.05, 0) is 23.8 Å². The number of nitrogens with one attached hydrogen (secondary N) is 1. The second-order valence-corrected chi connectivity index (χ2v) is 5.18. The first kappa shape index (κ1) is 17.8. The lowest BCUT2D eigenvalue weighted by atomic mass is 10.1. The number of hydrogen-bond donors (Lipinski definition) is 3. The molecular formula is C18H21NO5. The molecule has 0 aliphatic rings. The van der Waals surface area contributed by atoms with E-state index in [0.717, 1.165) is 5.56 Å². The maximum atomic E-state index is 12.0. The number of methoxy groups -OCH3 is 1. The summed E-state index contributed by atoms with van der Waals surface area (Å²) in [4.78, 5) is 12.0. The van der Waals surface area contributed by atoms with Crippen molar-refractivity contribution >= 4 is 11.7 Å². The van der Waals surface area contributed by atoms with E-state index in [1.807, 2.05) is 30.3 Å². The summed E-state index contributed by atoms with van der Waals surface area (Å²) in [5.74, 6) is -0.00774. The minimum atomic E-state index is -0.565. The molecule has 0 amide bonds. The van der Waals surface area contributed by atoms with Crippen molar-refractivity contribution in [3.8, 4) is 5.75 Å². The lowest BCUT2D eigenvalue weighted by molar-refractivity contribution is 0.0601. The second-order valence-electron chi connectivity index (χ2n) is 5.18. The molecule has 6 nitrogen and oxygen atoms in total. The molecule has 0 atom stereocenters. The maximum Gasteiger partial charge on any atom is 0.340 e. The molecule has 0 aliphatic carbocycles. The van der Waals surface area contributed by atoms with Gasteiger partial charge in [0, 0.05) is 5.69 Å². The number of carbonyl (C=O) groups is 1. The van der Waals surface area contributed by atoms with Gasteiger partial charge in [0.15, 0.2) is 0 Å². The number of benzene rings is 2. The van der Waals surface area contributed by atoms with E-state index in [-0.39, 0.29) is 18.8 Å². The summed E-state index contributed by atoms with van der Waals surface area (Å²) in [5.41, 5.74) is 1.75. The molecule has 0 heterocycles. The van der Waals surface area contributed by atoms with E-state index >= 15 is 0 Å². The number of esters is 1. The monoisotopic (exact) mass is 331 g/mol.